The van der Waals surface area contributed by atoms with Crippen LogP contribution in [0.2, 0.25) is 0 Å². The van der Waals surface area contributed by atoms with Gasteiger partial charge in [-0.25, -0.2) is 9.97 Å². The van der Waals surface area contributed by atoms with Gasteiger partial charge >= 0.3 is 0 Å². The number of nitrogens with zero attached hydrogens (tertiary/aromatic N) is 4. The van der Waals surface area contributed by atoms with E-state index in [-0.39, 0.29) is 17.2 Å². The van der Waals surface area contributed by atoms with E-state index in [9.17, 15) is 10.1 Å². The number of fused-ring (bicyclic) bond motifs is 1. The van der Waals surface area contributed by atoms with E-state index in [0.717, 1.165) is 12.1 Å². The van der Waals surface area contributed by atoms with Crippen LogP contribution in [0, 0.1) is 25.2 Å². The van der Waals surface area contributed by atoms with Crippen molar-refractivity contribution >= 4 is 23.4 Å². The van der Waals surface area contributed by atoms with E-state index in [1.807, 2.05) is 30.0 Å². The Kier molecular flexibility index (Phi) is 4.78. The molecule has 0 N–H and O–H groups in total. The number of anilines is 1. The molecule has 0 saturated heterocycles. The van der Waals surface area contributed by atoms with E-state index in [2.05, 4.69) is 29.0 Å². The molecule has 2 aromatic rings. The van der Waals surface area contributed by atoms with Crippen molar-refractivity contribution in [3.05, 3.63) is 46.9 Å². The first kappa shape index (κ1) is 17.4. The average molecular weight is 352 g/mol. The number of benzene rings is 1. The maximum Gasteiger partial charge on any atom is 0.240 e. The average Bonchev–Trinajstić information content (AvgIpc) is 2.89. The van der Waals surface area contributed by atoms with Gasteiger partial charge in [-0.1, -0.05) is 30.0 Å². The van der Waals surface area contributed by atoms with Gasteiger partial charge in [0, 0.05) is 11.7 Å². The van der Waals surface area contributed by atoms with Crippen LogP contribution >= 0.6 is 11.8 Å². The molecule has 0 fully saturated rings. The summed E-state index contributed by atoms with van der Waals surface area (Å²) >= 11 is 1.33. The van der Waals surface area contributed by atoms with Crippen LogP contribution < -0.4 is 4.90 Å². The molecule has 0 saturated carbocycles. The first-order valence-electron chi connectivity index (χ1n) is 8.25. The summed E-state index contributed by atoms with van der Waals surface area (Å²) in [6.07, 6.45) is 0.870. The second-order valence-electron chi connectivity index (χ2n) is 6.30. The maximum atomic E-state index is 13.1. The van der Waals surface area contributed by atoms with Gasteiger partial charge in [0.15, 0.2) is 0 Å². The third-order valence-electron chi connectivity index (χ3n) is 4.36. The first-order valence-corrected chi connectivity index (χ1v) is 9.13. The van der Waals surface area contributed by atoms with Crippen LogP contribution in [0.25, 0.3) is 0 Å². The molecule has 1 aromatic heterocycles. The van der Waals surface area contributed by atoms with Gasteiger partial charge in [0.05, 0.1) is 10.9 Å². The highest BCUT2D eigenvalue weighted by molar-refractivity contribution is 8.00. The van der Waals surface area contributed by atoms with Gasteiger partial charge in [0.2, 0.25) is 5.91 Å². The summed E-state index contributed by atoms with van der Waals surface area (Å²) in [5.41, 5.74) is 3.29. The first-order chi connectivity index (χ1) is 11.9. The minimum Gasteiger partial charge on any atom is -0.308 e. The minimum absolute atomic E-state index is 0.0419. The van der Waals surface area contributed by atoms with Crippen LogP contribution in [-0.4, -0.2) is 27.2 Å². The highest BCUT2D eigenvalue weighted by atomic mass is 32.2. The van der Waals surface area contributed by atoms with Crippen molar-refractivity contribution in [1.82, 2.24) is 9.97 Å². The highest BCUT2D eigenvalue weighted by Gasteiger charge is 2.33. The van der Waals surface area contributed by atoms with Crippen molar-refractivity contribution in [3.8, 4) is 6.07 Å². The Hall–Kier alpha value is -2.39. The van der Waals surface area contributed by atoms with Crippen molar-refractivity contribution in [3.63, 3.8) is 0 Å². The SMILES string of the molecule is Cc1nc(C)c(C#N)c(SC(C)C(=O)N2c3ccccc3CC2C)n1. The smallest absolute Gasteiger partial charge is 0.240 e. The third kappa shape index (κ3) is 3.24. The summed E-state index contributed by atoms with van der Waals surface area (Å²) in [5, 5.41) is 9.63. The lowest BCUT2D eigenvalue weighted by Gasteiger charge is -2.26. The number of hydrogen-bond donors (Lipinski definition) is 0. The summed E-state index contributed by atoms with van der Waals surface area (Å²) in [6, 6.07) is 10.3. The van der Waals surface area contributed by atoms with Gasteiger partial charge in [-0.3, -0.25) is 4.79 Å². The number of carbonyl (C=O) groups excluding carboxylic acids is 1. The van der Waals surface area contributed by atoms with E-state index in [0.29, 0.717) is 22.1 Å². The second-order valence-corrected chi connectivity index (χ2v) is 7.63. The summed E-state index contributed by atoms with van der Waals surface area (Å²) in [7, 11) is 0. The summed E-state index contributed by atoms with van der Waals surface area (Å²) in [6.45, 7) is 7.52. The summed E-state index contributed by atoms with van der Waals surface area (Å²) in [4.78, 5) is 23.6. The molecule has 1 aromatic carbocycles. The zero-order valence-electron chi connectivity index (χ0n) is 14.8. The zero-order valence-corrected chi connectivity index (χ0v) is 15.6. The lowest BCUT2D eigenvalue weighted by molar-refractivity contribution is -0.118. The standard InChI is InChI=1S/C19H20N4OS/c1-11-9-15-7-5-6-8-17(15)23(11)19(24)13(3)25-18-16(10-20)12(2)21-14(4)22-18/h5-8,11,13H,9H2,1-4H3. The predicted octanol–water partition coefficient (Wildman–Crippen LogP) is 3.42. The number of nitriles is 1. The molecule has 0 aliphatic carbocycles. The van der Waals surface area contributed by atoms with Crippen LogP contribution in [0.15, 0.2) is 29.3 Å². The minimum atomic E-state index is -0.339. The normalized spacial score (nSPS) is 17.1. The van der Waals surface area contributed by atoms with Gasteiger partial charge < -0.3 is 4.90 Å². The molecule has 25 heavy (non-hydrogen) atoms. The molecule has 0 spiro atoms. The molecule has 128 valence electrons. The van der Waals surface area contributed by atoms with Crippen molar-refractivity contribution < 1.29 is 4.79 Å². The number of carbonyl (C=O) groups is 1. The van der Waals surface area contributed by atoms with Crippen LogP contribution in [0.1, 0.15) is 36.5 Å². The number of thioether (sulfide) groups is 1. The fraction of sp³-hybridized carbons (Fsp3) is 0.368. The molecule has 0 bridgehead atoms. The van der Waals surface area contributed by atoms with Crippen LogP contribution in [-0.2, 0) is 11.2 Å². The van der Waals surface area contributed by atoms with Gasteiger partial charge in [0.1, 0.15) is 22.5 Å². The number of aromatic nitrogens is 2. The number of hydrogen-bond acceptors (Lipinski definition) is 5. The highest BCUT2D eigenvalue weighted by Crippen LogP contribution is 2.35. The predicted molar refractivity (Wildman–Crippen MR) is 98.6 cm³/mol. The fourth-order valence-corrected chi connectivity index (χ4v) is 4.26. The van der Waals surface area contributed by atoms with Crippen molar-refractivity contribution in [2.75, 3.05) is 4.90 Å². The summed E-state index contributed by atoms with van der Waals surface area (Å²) < 4.78 is 0. The molecule has 2 atom stereocenters. The maximum absolute atomic E-state index is 13.1. The van der Waals surface area contributed by atoms with E-state index in [1.165, 1.54) is 17.3 Å². The molecule has 1 aliphatic heterocycles. The topological polar surface area (TPSA) is 69.9 Å². The molecule has 1 aliphatic rings. The van der Waals surface area contributed by atoms with E-state index in [4.69, 9.17) is 0 Å². The molecule has 0 radical (unpaired) electrons. The molecule has 5 nitrogen and oxygen atoms in total. The molecule has 3 rings (SSSR count). The van der Waals surface area contributed by atoms with Gasteiger partial charge in [0.25, 0.3) is 0 Å². The van der Waals surface area contributed by atoms with Gasteiger partial charge in [-0.2, -0.15) is 5.26 Å². The molecular formula is C19H20N4OS. The van der Waals surface area contributed by atoms with E-state index < -0.39 is 0 Å². The van der Waals surface area contributed by atoms with E-state index in [1.54, 1.807) is 13.8 Å². The van der Waals surface area contributed by atoms with Gasteiger partial charge in [-0.05, 0) is 45.7 Å². The Morgan fingerprint density at radius 2 is 2.08 bits per heavy atom. The van der Waals surface area contributed by atoms with Gasteiger partial charge in [-0.15, -0.1) is 0 Å². The number of para-hydroxylation sites is 1. The largest absolute Gasteiger partial charge is 0.308 e. The van der Waals surface area contributed by atoms with Crippen molar-refractivity contribution in [2.45, 2.75) is 50.4 Å². The lowest BCUT2D eigenvalue weighted by Crippen LogP contribution is -2.40. The number of amides is 1. The Bertz CT molecular complexity index is 874. The molecule has 2 unspecified atom stereocenters. The van der Waals surface area contributed by atoms with Crippen molar-refractivity contribution in [1.29, 1.82) is 5.26 Å². The summed E-state index contributed by atoms with van der Waals surface area (Å²) in [5.74, 6) is 0.652. The second kappa shape index (κ2) is 6.85. The van der Waals surface area contributed by atoms with Crippen LogP contribution in [0.3, 0.4) is 0 Å². The molecule has 6 heteroatoms. The van der Waals surface area contributed by atoms with Crippen LogP contribution in [0.5, 0.6) is 0 Å². The Labute approximate surface area is 152 Å². The lowest BCUT2D eigenvalue weighted by atomic mass is 10.1. The Morgan fingerprint density at radius 3 is 2.80 bits per heavy atom. The number of aryl methyl sites for hydroxylation is 2. The fourth-order valence-electron chi connectivity index (χ4n) is 3.21. The molecule has 1 amide bonds. The van der Waals surface area contributed by atoms with E-state index >= 15 is 0 Å². The quantitative estimate of drug-likeness (QED) is 0.625. The molecular weight excluding hydrogens is 332 g/mol. The third-order valence-corrected chi connectivity index (χ3v) is 5.44. The Balaban J connectivity index is 1.87. The monoisotopic (exact) mass is 352 g/mol. The molecule has 2 heterocycles. The van der Waals surface area contributed by atoms with Crippen LogP contribution in [0.4, 0.5) is 5.69 Å². The number of rotatable bonds is 3. The van der Waals surface area contributed by atoms with Crippen molar-refractivity contribution in [2.24, 2.45) is 0 Å². The zero-order chi connectivity index (χ0) is 18.1. The Morgan fingerprint density at radius 1 is 1.36 bits per heavy atom.